The molecule has 0 radical (unpaired) electrons. The predicted octanol–water partition coefficient (Wildman–Crippen LogP) is 11.7. The molecule has 1 fully saturated rings. The normalized spacial score (nSPS) is 14.9. The molecule has 5 aromatic carbocycles. The van der Waals surface area contributed by atoms with Crippen LogP contribution in [0.4, 0.5) is 24.5 Å². The summed E-state index contributed by atoms with van der Waals surface area (Å²) in [5, 5.41) is 29.1. The highest BCUT2D eigenvalue weighted by molar-refractivity contribution is 6.31. The van der Waals surface area contributed by atoms with Gasteiger partial charge in [0, 0.05) is 44.0 Å². The van der Waals surface area contributed by atoms with E-state index in [2.05, 4.69) is 55.1 Å². The van der Waals surface area contributed by atoms with Crippen molar-refractivity contribution in [2.45, 2.75) is 75.9 Å². The van der Waals surface area contributed by atoms with Crippen LogP contribution in [0, 0.1) is 29.6 Å². The molecule has 5 aromatic rings. The van der Waals surface area contributed by atoms with E-state index in [0.29, 0.717) is 10.6 Å². The summed E-state index contributed by atoms with van der Waals surface area (Å²) < 4.78 is 43.7. The molecule has 2 atom stereocenters. The number of halogens is 5. The molecule has 0 bridgehead atoms. The van der Waals surface area contributed by atoms with Crippen molar-refractivity contribution in [3.05, 3.63) is 165 Å². The second-order valence-corrected chi connectivity index (χ2v) is 15.8. The molecule has 1 aliphatic carbocycles. The highest BCUT2D eigenvalue weighted by Gasteiger charge is 2.56. The zero-order chi connectivity index (χ0) is 40.8. The summed E-state index contributed by atoms with van der Waals surface area (Å²) in [4.78, 5) is 0. The number of aliphatic hydroxyl groups is 2. The van der Waals surface area contributed by atoms with E-state index < -0.39 is 28.5 Å². The molecule has 4 N–H and O–H groups in total. The van der Waals surface area contributed by atoms with E-state index in [0.717, 1.165) is 41.3 Å². The lowest BCUT2D eigenvalue weighted by atomic mass is 9.76. The standard InChI is InChI=1S/C32H25ClF3NO.C15H20ClNO/c33-27-18-19-29(28(22-27)30(38,32(34,35)36)21-20-23-16-17-23)37-31(24-10-4-1-5-11-24,25-12-6-2-7-13-25)26-14-8-3-9-15-26;1-6-9-15(5,18)12-10-11(16)7-8-13(12)17-14(2,3)4/h1-15,18-19,22-23,37-38H,16-17H2;7-8,10,17-18H,1-5H3. The Morgan fingerprint density at radius 1 is 0.607 bits per heavy atom. The van der Waals surface area contributed by atoms with E-state index >= 15 is 0 Å². The van der Waals surface area contributed by atoms with Crippen molar-refractivity contribution in [2.24, 2.45) is 5.92 Å². The predicted molar refractivity (Wildman–Crippen MR) is 223 cm³/mol. The molecular formula is C47H45Cl2F3N2O2. The van der Waals surface area contributed by atoms with Gasteiger partial charge in [-0.2, -0.15) is 13.2 Å². The third-order valence-corrected chi connectivity index (χ3v) is 9.61. The van der Waals surface area contributed by atoms with E-state index in [1.807, 2.05) is 97.1 Å². The van der Waals surface area contributed by atoms with Crippen LogP contribution in [0.1, 0.15) is 75.3 Å². The van der Waals surface area contributed by atoms with Gasteiger partial charge in [-0.1, -0.05) is 132 Å². The monoisotopic (exact) mass is 796 g/mol. The van der Waals surface area contributed by atoms with E-state index in [1.165, 1.54) is 12.1 Å². The molecule has 1 saturated carbocycles. The fourth-order valence-corrected chi connectivity index (χ4v) is 6.72. The molecule has 0 amide bonds. The molecule has 2 unspecified atom stereocenters. The SMILES string of the molecule is CC#CC(C)(O)c1cc(Cl)ccc1NC(C)(C)C.OC(C#CC1CC1)(c1cc(Cl)ccc1NC(c1ccccc1)(c1ccccc1)c1ccccc1)C(F)(F)F. The topological polar surface area (TPSA) is 64.5 Å². The Labute approximate surface area is 338 Å². The quantitative estimate of drug-likeness (QED) is 0.0933. The van der Waals surface area contributed by atoms with Crippen LogP contribution in [0.3, 0.4) is 0 Å². The fraction of sp³-hybridized carbons (Fsp3) is 0.277. The molecule has 0 heterocycles. The van der Waals surface area contributed by atoms with Crippen molar-refractivity contribution >= 4 is 34.6 Å². The first-order valence-electron chi connectivity index (χ1n) is 18.2. The van der Waals surface area contributed by atoms with Gasteiger partial charge in [-0.25, -0.2) is 0 Å². The molecule has 0 saturated heterocycles. The van der Waals surface area contributed by atoms with Crippen LogP contribution in [0.15, 0.2) is 127 Å². The van der Waals surface area contributed by atoms with E-state index in [9.17, 15) is 23.4 Å². The molecule has 56 heavy (non-hydrogen) atoms. The molecule has 1 aliphatic rings. The second-order valence-electron chi connectivity index (χ2n) is 14.9. The van der Waals surface area contributed by atoms with Gasteiger partial charge in [-0.15, -0.1) is 5.92 Å². The number of hydrogen-bond acceptors (Lipinski definition) is 4. The minimum absolute atomic E-state index is 0.0613. The molecular weight excluding hydrogens is 752 g/mol. The lowest BCUT2D eigenvalue weighted by Crippen LogP contribution is -2.43. The average molecular weight is 798 g/mol. The van der Waals surface area contributed by atoms with Crippen LogP contribution in [-0.2, 0) is 16.7 Å². The Bertz CT molecular complexity index is 2130. The van der Waals surface area contributed by atoms with Crippen LogP contribution < -0.4 is 10.6 Å². The highest BCUT2D eigenvalue weighted by Crippen LogP contribution is 2.47. The van der Waals surface area contributed by atoms with Crippen LogP contribution in [0.5, 0.6) is 0 Å². The number of hydrogen-bond donors (Lipinski definition) is 4. The Morgan fingerprint density at radius 2 is 1.04 bits per heavy atom. The lowest BCUT2D eigenvalue weighted by molar-refractivity contribution is -0.240. The maximum atomic E-state index is 14.6. The van der Waals surface area contributed by atoms with Gasteiger partial charge in [0.15, 0.2) is 0 Å². The van der Waals surface area contributed by atoms with E-state index in [4.69, 9.17) is 23.2 Å². The first-order valence-corrected chi connectivity index (χ1v) is 19.0. The molecule has 290 valence electrons. The van der Waals surface area contributed by atoms with Crippen LogP contribution in [0.25, 0.3) is 0 Å². The highest BCUT2D eigenvalue weighted by atomic mass is 35.5. The fourth-order valence-electron chi connectivity index (χ4n) is 6.38. The second kappa shape index (κ2) is 17.1. The van der Waals surface area contributed by atoms with Crippen molar-refractivity contribution in [3.63, 3.8) is 0 Å². The lowest BCUT2D eigenvalue weighted by Gasteiger charge is -2.39. The zero-order valence-corrected chi connectivity index (χ0v) is 33.4. The smallest absolute Gasteiger partial charge is 0.380 e. The van der Waals surface area contributed by atoms with Gasteiger partial charge in [0.25, 0.3) is 0 Å². The molecule has 9 heteroatoms. The summed E-state index contributed by atoms with van der Waals surface area (Å²) in [7, 11) is 0. The van der Waals surface area contributed by atoms with E-state index in [-0.39, 0.29) is 22.2 Å². The maximum absolute atomic E-state index is 14.6. The third-order valence-electron chi connectivity index (χ3n) is 9.14. The van der Waals surface area contributed by atoms with Gasteiger partial charge < -0.3 is 20.8 Å². The Kier molecular flexibility index (Phi) is 12.9. The number of alkyl halides is 3. The Morgan fingerprint density at radius 3 is 1.43 bits per heavy atom. The van der Waals surface area contributed by atoms with Crippen molar-refractivity contribution < 1.29 is 23.4 Å². The van der Waals surface area contributed by atoms with Gasteiger partial charge in [0.05, 0.1) is 0 Å². The van der Waals surface area contributed by atoms with E-state index in [1.54, 1.807) is 26.0 Å². The molecule has 0 aliphatic heterocycles. The molecule has 0 spiro atoms. The summed E-state index contributed by atoms with van der Waals surface area (Å²) in [6.07, 6.45) is -3.62. The van der Waals surface area contributed by atoms with Crippen molar-refractivity contribution in [3.8, 4) is 23.7 Å². The van der Waals surface area contributed by atoms with Gasteiger partial charge in [-0.05, 0) is 101 Å². The van der Waals surface area contributed by atoms with Crippen LogP contribution >= 0.6 is 23.2 Å². The van der Waals surface area contributed by atoms with Crippen molar-refractivity contribution in [1.29, 1.82) is 0 Å². The Balaban J connectivity index is 0.000000281. The number of nitrogens with one attached hydrogen (secondary N) is 2. The summed E-state index contributed by atoms with van der Waals surface area (Å²) >= 11 is 12.2. The number of anilines is 2. The molecule has 4 nitrogen and oxygen atoms in total. The molecule has 6 rings (SSSR count). The van der Waals surface area contributed by atoms with Gasteiger partial charge in [0.1, 0.15) is 11.1 Å². The number of rotatable bonds is 8. The summed E-state index contributed by atoms with van der Waals surface area (Å²) in [5.74, 6) is 10.2. The average Bonchev–Trinajstić information content (AvgIpc) is 3.99. The van der Waals surface area contributed by atoms with Gasteiger partial charge in [-0.3, -0.25) is 0 Å². The minimum Gasteiger partial charge on any atom is -0.380 e. The minimum atomic E-state index is -5.06. The van der Waals surface area contributed by atoms with Crippen molar-refractivity contribution in [2.75, 3.05) is 10.6 Å². The largest absolute Gasteiger partial charge is 0.433 e. The van der Waals surface area contributed by atoms with Crippen molar-refractivity contribution in [1.82, 2.24) is 0 Å². The summed E-state index contributed by atoms with van der Waals surface area (Å²) in [6, 6.07) is 38.0. The summed E-state index contributed by atoms with van der Waals surface area (Å²) in [6.45, 7) is 9.56. The number of benzene rings is 5. The first-order chi connectivity index (χ1) is 26.4. The van der Waals surface area contributed by atoms with Crippen LogP contribution in [0.2, 0.25) is 10.0 Å². The summed E-state index contributed by atoms with van der Waals surface area (Å²) in [5.41, 5.74) is -2.27. The zero-order valence-electron chi connectivity index (χ0n) is 31.9. The molecule has 0 aromatic heterocycles. The maximum Gasteiger partial charge on any atom is 0.433 e. The first kappa shape index (κ1) is 42.3. The third kappa shape index (κ3) is 9.91. The van der Waals surface area contributed by atoms with Gasteiger partial charge >= 0.3 is 6.18 Å². The van der Waals surface area contributed by atoms with Gasteiger partial charge in [0.2, 0.25) is 5.60 Å². The van der Waals surface area contributed by atoms with Crippen LogP contribution in [-0.4, -0.2) is 21.9 Å². The Hall–Kier alpha value is -4.89.